The molecule has 10 heteroatoms. The van der Waals surface area contributed by atoms with Crippen LogP contribution in [0.1, 0.15) is 44.2 Å². The van der Waals surface area contributed by atoms with Gasteiger partial charge in [-0.15, -0.1) is 0 Å². The minimum absolute atomic E-state index is 0.111. The van der Waals surface area contributed by atoms with Gasteiger partial charge in [0, 0.05) is 18.1 Å². The van der Waals surface area contributed by atoms with Gasteiger partial charge < -0.3 is 14.6 Å². The molecular formula is C36H35IN2O7. The molecule has 2 heterocycles. The number of carbonyl (C=O) groups is 2. The third-order valence-corrected chi connectivity index (χ3v) is 10.2. The Labute approximate surface area is 281 Å². The van der Waals surface area contributed by atoms with Crippen LogP contribution in [0.3, 0.4) is 0 Å². The van der Waals surface area contributed by atoms with Crippen LogP contribution >= 0.6 is 22.6 Å². The largest absolute Gasteiger partial charge is 0.504 e. The van der Waals surface area contributed by atoms with Gasteiger partial charge >= 0.3 is 0 Å². The number of rotatable bonds is 9. The van der Waals surface area contributed by atoms with E-state index in [1.54, 1.807) is 6.07 Å². The van der Waals surface area contributed by atoms with Gasteiger partial charge in [0.1, 0.15) is 0 Å². The summed E-state index contributed by atoms with van der Waals surface area (Å²) in [4.78, 5) is 39.7. The van der Waals surface area contributed by atoms with E-state index in [0.29, 0.717) is 35.2 Å². The number of fused-ring (bicyclic) bond motifs is 3. The number of methoxy groups -OCH3 is 1. The Morgan fingerprint density at radius 3 is 2.57 bits per heavy atom. The van der Waals surface area contributed by atoms with E-state index in [1.165, 1.54) is 30.9 Å². The van der Waals surface area contributed by atoms with Crippen LogP contribution < -0.4 is 9.64 Å². The highest BCUT2D eigenvalue weighted by Crippen LogP contribution is 2.52. The number of benzene rings is 3. The fourth-order valence-corrected chi connectivity index (χ4v) is 7.86. The summed E-state index contributed by atoms with van der Waals surface area (Å²) in [7, 11) is 1.53. The maximum atomic E-state index is 13.9. The number of imide groups is 1. The standard InChI is InChI=1S/C36H35IN2O7/c1-20(2)26-18-27-33(36(42)38(35(27)41)24-10-7-11-25(17-24)39(43)44)28-19-46-30(32(26)28)13-12-23(22-8-5-4-6-9-22)14-21-15-29(37)34(40)31(16-21)45-3/h4-11,14-17,20,27-28,30,33,40H,12-13,18-19H2,1-3H3/b23-14-/t27-,28+,30-,33-/m1/s1. The summed E-state index contributed by atoms with van der Waals surface area (Å²) in [5, 5.41) is 21.8. The van der Waals surface area contributed by atoms with Crippen LogP contribution in [-0.4, -0.2) is 41.7 Å². The zero-order valence-electron chi connectivity index (χ0n) is 25.8. The van der Waals surface area contributed by atoms with Crippen molar-refractivity contribution in [1.29, 1.82) is 0 Å². The Morgan fingerprint density at radius 2 is 1.87 bits per heavy atom. The molecule has 4 atom stereocenters. The van der Waals surface area contributed by atoms with Crippen LogP contribution in [0.15, 0.2) is 77.9 Å². The van der Waals surface area contributed by atoms with Gasteiger partial charge in [-0.1, -0.05) is 61.9 Å². The predicted molar refractivity (Wildman–Crippen MR) is 183 cm³/mol. The van der Waals surface area contributed by atoms with Crippen molar-refractivity contribution in [2.45, 2.75) is 39.2 Å². The van der Waals surface area contributed by atoms with E-state index < -0.39 is 16.8 Å². The predicted octanol–water partition coefficient (Wildman–Crippen LogP) is 7.41. The van der Waals surface area contributed by atoms with Crippen LogP contribution in [0.5, 0.6) is 11.5 Å². The lowest BCUT2D eigenvalue weighted by Gasteiger charge is -2.33. The molecule has 0 aromatic heterocycles. The number of aromatic hydroxyl groups is 1. The minimum atomic E-state index is -0.565. The van der Waals surface area contributed by atoms with Gasteiger partial charge in [0.2, 0.25) is 11.8 Å². The van der Waals surface area contributed by atoms with Gasteiger partial charge in [-0.2, -0.15) is 0 Å². The maximum Gasteiger partial charge on any atom is 0.271 e. The Morgan fingerprint density at radius 1 is 1.11 bits per heavy atom. The molecule has 1 aliphatic carbocycles. The summed E-state index contributed by atoms with van der Waals surface area (Å²) in [5.41, 5.74) is 5.44. The van der Waals surface area contributed by atoms with Crippen molar-refractivity contribution >= 4 is 57.4 Å². The lowest BCUT2D eigenvalue weighted by molar-refractivity contribution is -0.384. The zero-order chi connectivity index (χ0) is 32.7. The lowest BCUT2D eigenvalue weighted by atomic mass is 9.67. The Kier molecular flexibility index (Phi) is 9.02. The summed E-state index contributed by atoms with van der Waals surface area (Å²) in [5.74, 6) is -1.25. The highest BCUT2D eigenvalue weighted by atomic mass is 127. The number of nitro groups is 1. The molecule has 0 radical (unpaired) electrons. The van der Waals surface area contributed by atoms with Crippen molar-refractivity contribution in [2.75, 3.05) is 18.6 Å². The topological polar surface area (TPSA) is 119 Å². The number of ether oxygens (including phenoxy) is 2. The summed E-state index contributed by atoms with van der Waals surface area (Å²) < 4.78 is 12.5. The van der Waals surface area contributed by atoms with Crippen molar-refractivity contribution < 1.29 is 29.1 Å². The highest BCUT2D eigenvalue weighted by Gasteiger charge is 2.57. The molecule has 46 heavy (non-hydrogen) atoms. The third kappa shape index (κ3) is 5.84. The molecule has 238 valence electrons. The molecule has 9 nitrogen and oxygen atoms in total. The Balaban J connectivity index is 1.30. The fraction of sp³-hybridized carbons (Fsp3) is 0.333. The zero-order valence-corrected chi connectivity index (χ0v) is 28.0. The van der Waals surface area contributed by atoms with Crippen LogP contribution in [0.25, 0.3) is 11.6 Å². The van der Waals surface area contributed by atoms with Crippen molar-refractivity contribution in [3.63, 3.8) is 0 Å². The normalized spacial score (nSPS) is 22.8. The summed E-state index contributed by atoms with van der Waals surface area (Å²) in [6.45, 7) is 4.57. The van der Waals surface area contributed by atoms with E-state index in [9.17, 15) is 24.8 Å². The molecule has 3 aromatic rings. The van der Waals surface area contributed by atoms with Crippen LogP contribution in [0, 0.1) is 37.4 Å². The summed E-state index contributed by atoms with van der Waals surface area (Å²) in [6.07, 6.45) is 3.74. The molecule has 0 spiro atoms. The summed E-state index contributed by atoms with van der Waals surface area (Å²) in [6, 6.07) is 19.6. The average molecular weight is 735 g/mol. The molecule has 1 N–H and O–H groups in total. The molecule has 3 aromatic carbocycles. The minimum Gasteiger partial charge on any atom is -0.504 e. The number of phenolic OH excluding ortho intramolecular Hbond substituents is 1. The Hall–Kier alpha value is -4.03. The average Bonchev–Trinajstić information content (AvgIpc) is 3.58. The highest BCUT2D eigenvalue weighted by molar-refractivity contribution is 14.1. The monoisotopic (exact) mass is 734 g/mol. The van der Waals surface area contributed by atoms with Crippen molar-refractivity contribution in [2.24, 2.45) is 23.7 Å². The number of non-ortho nitro benzene ring substituents is 1. The SMILES string of the molecule is COc1cc(/C=C(/CC[C@H]2OC[C@H]3C2=C(C(C)C)C[C@H]2C(=O)N(c4cccc([N+](=O)[O-])c4)C(=O)[C@H]23)c2ccccc2)cc(I)c1O. The first-order valence-corrected chi connectivity index (χ1v) is 16.5. The number of hydrogen-bond acceptors (Lipinski definition) is 7. The third-order valence-electron chi connectivity index (χ3n) is 9.37. The molecule has 2 amide bonds. The number of phenols is 1. The van der Waals surface area contributed by atoms with Gasteiger partial charge in [0.25, 0.3) is 5.69 Å². The number of allylic oxidation sites excluding steroid dienone is 2. The number of anilines is 1. The number of halogens is 1. The molecule has 6 rings (SSSR count). The van der Waals surface area contributed by atoms with Crippen molar-refractivity contribution in [3.05, 3.63) is 103 Å². The first kappa shape index (κ1) is 31.9. The van der Waals surface area contributed by atoms with Gasteiger partial charge in [-0.3, -0.25) is 19.7 Å². The van der Waals surface area contributed by atoms with Crippen LogP contribution in [0.2, 0.25) is 0 Å². The number of carbonyl (C=O) groups excluding carboxylic acids is 2. The van der Waals surface area contributed by atoms with E-state index in [1.807, 2.05) is 30.3 Å². The van der Waals surface area contributed by atoms with Gasteiger partial charge in [0.05, 0.1) is 45.8 Å². The molecular weight excluding hydrogens is 699 g/mol. The maximum absolute atomic E-state index is 13.9. The van der Waals surface area contributed by atoms with E-state index in [-0.39, 0.29) is 46.9 Å². The second-order valence-electron chi connectivity index (χ2n) is 12.3. The van der Waals surface area contributed by atoms with E-state index >= 15 is 0 Å². The number of nitrogens with zero attached hydrogens (tertiary/aromatic N) is 2. The van der Waals surface area contributed by atoms with E-state index in [2.05, 4.69) is 54.6 Å². The van der Waals surface area contributed by atoms with E-state index in [4.69, 9.17) is 9.47 Å². The quantitative estimate of drug-likeness (QED) is 0.0608. The van der Waals surface area contributed by atoms with Gasteiger partial charge in [0.15, 0.2) is 11.5 Å². The molecule has 0 bridgehead atoms. The van der Waals surface area contributed by atoms with E-state index in [0.717, 1.165) is 27.2 Å². The summed E-state index contributed by atoms with van der Waals surface area (Å²) >= 11 is 2.10. The molecule has 3 aliphatic rings. The molecule has 0 unspecified atom stereocenters. The molecule has 2 fully saturated rings. The smallest absolute Gasteiger partial charge is 0.271 e. The fourth-order valence-electron chi connectivity index (χ4n) is 7.23. The van der Waals surface area contributed by atoms with Gasteiger partial charge in [-0.25, -0.2) is 4.90 Å². The number of nitro benzene ring substituents is 1. The number of hydrogen-bond donors (Lipinski definition) is 1. The molecule has 0 saturated carbocycles. The van der Waals surface area contributed by atoms with Crippen LogP contribution in [-0.2, 0) is 14.3 Å². The second kappa shape index (κ2) is 13.0. The molecule has 2 saturated heterocycles. The first-order valence-electron chi connectivity index (χ1n) is 15.4. The first-order chi connectivity index (χ1) is 22.1. The van der Waals surface area contributed by atoms with Crippen LogP contribution in [0.4, 0.5) is 11.4 Å². The lowest BCUT2D eigenvalue weighted by Crippen LogP contribution is -2.35. The molecule has 2 aliphatic heterocycles. The number of amides is 2. The Bertz CT molecular complexity index is 1770. The van der Waals surface area contributed by atoms with Gasteiger partial charge in [-0.05, 0) is 88.2 Å². The van der Waals surface area contributed by atoms with Crippen molar-refractivity contribution in [3.8, 4) is 11.5 Å². The second-order valence-corrected chi connectivity index (χ2v) is 13.5. The van der Waals surface area contributed by atoms with Crippen molar-refractivity contribution in [1.82, 2.24) is 0 Å².